The topological polar surface area (TPSA) is 83.1 Å². The zero-order chi connectivity index (χ0) is 22.4. The van der Waals surface area contributed by atoms with Gasteiger partial charge in [-0.1, -0.05) is 29.8 Å². The maximum atomic E-state index is 14.6. The Hall–Kier alpha value is -3.26. The molecule has 6 nitrogen and oxygen atoms in total. The number of halogens is 3. The van der Waals surface area contributed by atoms with Crippen molar-refractivity contribution in [2.24, 2.45) is 0 Å². The summed E-state index contributed by atoms with van der Waals surface area (Å²) in [7, 11) is 0. The van der Waals surface area contributed by atoms with Gasteiger partial charge in [-0.15, -0.1) is 0 Å². The minimum atomic E-state index is -3.78. The van der Waals surface area contributed by atoms with Gasteiger partial charge in [0.15, 0.2) is 0 Å². The quantitative estimate of drug-likeness (QED) is 0.443. The van der Waals surface area contributed by atoms with Crippen molar-refractivity contribution < 1.29 is 18.4 Å². The fourth-order valence-electron chi connectivity index (χ4n) is 3.08. The number of rotatable bonds is 8. The van der Waals surface area contributed by atoms with Gasteiger partial charge in [0.2, 0.25) is 5.91 Å². The first-order valence-electron chi connectivity index (χ1n) is 9.60. The number of aromatic nitrogens is 1. The second-order valence-corrected chi connectivity index (χ2v) is 7.29. The minimum absolute atomic E-state index is 0.0541. The van der Waals surface area contributed by atoms with Crippen LogP contribution in [0, 0.1) is 0 Å². The van der Waals surface area contributed by atoms with Crippen molar-refractivity contribution >= 4 is 45.7 Å². The fourth-order valence-corrected chi connectivity index (χ4v) is 3.24. The highest BCUT2D eigenvalue weighted by molar-refractivity contribution is 6.31. The van der Waals surface area contributed by atoms with Gasteiger partial charge in [-0.05, 0) is 36.8 Å². The summed E-state index contributed by atoms with van der Waals surface area (Å²) in [5.41, 5.74) is 0.926. The molecule has 0 bridgehead atoms. The molecule has 3 rings (SSSR count). The van der Waals surface area contributed by atoms with Crippen LogP contribution in [0.15, 0.2) is 54.7 Å². The molecule has 3 N–H and O–H groups in total. The number of nitrogens with zero attached hydrogens (tertiary/aromatic N) is 1. The second-order valence-electron chi connectivity index (χ2n) is 6.86. The Labute approximate surface area is 183 Å². The third kappa shape index (κ3) is 5.46. The summed E-state index contributed by atoms with van der Waals surface area (Å²) in [5.74, 6) is -5.71. The van der Waals surface area contributed by atoms with E-state index in [0.29, 0.717) is 18.0 Å². The molecule has 31 heavy (non-hydrogen) atoms. The highest BCUT2D eigenvalue weighted by atomic mass is 35.5. The molecule has 0 aliphatic rings. The van der Waals surface area contributed by atoms with Crippen LogP contribution >= 0.6 is 11.6 Å². The molecule has 162 valence electrons. The van der Waals surface area contributed by atoms with Gasteiger partial charge in [0.25, 0.3) is 5.91 Å². The zero-order valence-corrected chi connectivity index (χ0v) is 17.5. The van der Waals surface area contributed by atoms with Gasteiger partial charge in [0.1, 0.15) is 0 Å². The van der Waals surface area contributed by atoms with E-state index in [2.05, 4.69) is 20.9 Å². The average molecular weight is 447 g/mol. The van der Waals surface area contributed by atoms with E-state index < -0.39 is 23.3 Å². The Balaban J connectivity index is 1.55. The number of carbonyl (C=O) groups is 2. The SMILES string of the molecule is CC(=O)Nc1ccccc1C(F)(F)C(=O)NCCCNc1ccnc2cc(Cl)ccc12. The molecule has 0 saturated heterocycles. The first kappa shape index (κ1) is 22.4. The number of alkyl halides is 2. The van der Waals surface area contributed by atoms with Gasteiger partial charge in [-0.25, -0.2) is 0 Å². The molecule has 2 aromatic carbocycles. The number of nitrogens with one attached hydrogen (secondary N) is 3. The Kier molecular flexibility index (Phi) is 7.02. The van der Waals surface area contributed by atoms with Crippen LogP contribution in [0.4, 0.5) is 20.2 Å². The Morgan fingerprint density at radius 2 is 1.84 bits per heavy atom. The first-order chi connectivity index (χ1) is 14.8. The standard InChI is InChI=1S/C22H21ClF2N4O2/c1-14(30)29-19-6-3-2-5-17(19)22(24,25)21(31)28-11-4-10-26-18-9-12-27-20-13-15(23)7-8-16(18)20/h2-3,5-9,12-13H,4,10-11H2,1H3,(H,26,27)(H,28,31)(H,29,30). The summed E-state index contributed by atoms with van der Waals surface area (Å²) in [6.45, 7) is 1.72. The maximum absolute atomic E-state index is 14.6. The largest absolute Gasteiger partial charge is 0.384 e. The van der Waals surface area contributed by atoms with Crippen molar-refractivity contribution in [3.63, 3.8) is 0 Å². The van der Waals surface area contributed by atoms with E-state index in [-0.39, 0.29) is 12.2 Å². The number of para-hydroxylation sites is 1. The summed E-state index contributed by atoms with van der Waals surface area (Å²) in [6.07, 6.45) is 2.07. The van der Waals surface area contributed by atoms with Crippen LogP contribution in [-0.4, -0.2) is 29.9 Å². The predicted molar refractivity (Wildman–Crippen MR) is 118 cm³/mol. The molecular formula is C22H21ClF2N4O2. The average Bonchev–Trinajstić information content (AvgIpc) is 2.73. The van der Waals surface area contributed by atoms with Crippen molar-refractivity contribution in [3.05, 3.63) is 65.3 Å². The maximum Gasteiger partial charge on any atom is 0.351 e. The lowest BCUT2D eigenvalue weighted by atomic mass is 10.1. The number of fused-ring (bicyclic) bond motifs is 1. The van der Waals surface area contributed by atoms with Gasteiger partial charge >= 0.3 is 5.92 Å². The number of anilines is 2. The molecule has 3 aromatic rings. The number of carbonyl (C=O) groups excluding carboxylic acids is 2. The van der Waals surface area contributed by atoms with Crippen molar-refractivity contribution in [2.75, 3.05) is 23.7 Å². The molecule has 0 fully saturated rings. The molecule has 1 heterocycles. The summed E-state index contributed by atoms with van der Waals surface area (Å²) >= 11 is 5.98. The van der Waals surface area contributed by atoms with Crippen LogP contribution in [0.25, 0.3) is 10.9 Å². The van der Waals surface area contributed by atoms with Crippen LogP contribution < -0.4 is 16.0 Å². The van der Waals surface area contributed by atoms with Crippen molar-refractivity contribution in [1.29, 1.82) is 0 Å². The highest BCUT2D eigenvalue weighted by Crippen LogP contribution is 2.33. The molecular weight excluding hydrogens is 426 g/mol. The van der Waals surface area contributed by atoms with Crippen LogP contribution in [0.3, 0.4) is 0 Å². The Morgan fingerprint density at radius 1 is 1.06 bits per heavy atom. The number of pyridine rings is 1. The van der Waals surface area contributed by atoms with Crippen LogP contribution in [0.5, 0.6) is 0 Å². The van der Waals surface area contributed by atoms with Gasteiger partial charge in [-0.2, -0.15) is 8.78 Å². The van der Waals surface area contributed by atoms with E-state index in [1.54, 1.807) is 18.3 Å². The predicted octanol–water partition coefficient (Wildman–Crippen LogP) is 4.56. The van der Waals surface area contributed by atoms with Crippen molar-refractivity contribution in [2.45, 2.75) is 19.3 Å². The normalized spacial score (nSPS) is 11.2. The van der Waals surface area contributed by atoms with E-state index in [1.807, 2.05) is 12.1 Å². The molecule has 1 aromatic heterocycles. The lowest BCUT2D eigenvalue weighted by Gasteiger charge is -2.19. The molecule has 0 atom stereocenters. The number of hydrogen-bond acceptors (Lipinski definition) is 4. The number of benzene rings is 2. The highest BCUT2D eigenvalue weighted by Gasteiger charge is 2.42. The van der Waals surface area contributed by atoms with Gasteiger partial charge in [-0.3, -0.25) is 14.6 Å². The Bertz CT molecular complexity index is 1110. The van der Waals surface area contributed by atoms with Gasteiger partial charge in [0.05, 0.1) is 16.8 Å². The summed E-state index contributed by atoms with van der Waals surface area (Å²) in [6, 6.07) is 12.5. The van der Waals surface area contributed by atoms with E-state index in [0.717, 1.165) is 22.7 Å². The summed E-state index contributed by atoms with van der Waals surface area (Å²) < 4.78 is 29.3. The molecule has 0 aliphatic heterocycles. The molecule has 2 amide bonds. The molecule has 0 radical (unpaired) electrons. The molecule has 9 heteroatoms. The monoisotopic (exact) mass is 446 g/mol. The van der Waals surface area contributed by atoms with E-state index in [1.165, 1.54) is 25.1 Å². The van der Waals surface area contributed by atoms with E-state index in [4.69, 9.17) is 11.6 Å². The summed E-state index contributed by atoms with van der Waals surface area (Å²) in [5, 5.41) is 9.27. The minimum Gasteiger partial charge on any atom is -0.384 e. The molecule has 0 aliphatic carbocycles. The van der Waals surface area contributed by atoms with Crippen molar-refractivity contribution in [3.8, 4) is 0 Å². The lowest BCUT2D eigenvalue weighted by molar-refractivity contribution is -0.146. The number of amides is 2. The summed E-state index contributed by atoms with van der Waals surface area (Å²) in [4.78, 5) is 27.6. The van der Waals surface area contributed by atoms with Gasteiger partial charge < -0.3 is 16.0 Å². The van der Waals surface area contributed by atoms with Crippen molar-refractivity contribution in [1.82, 2.24) is 10.3 Å². The third-order valence-electron chi connectivity index (χ3n) is 4.52. The van der Waals surface area contributed by atoms with Crippen LogP contribution in [0.1, 0.15) is 18.9 Å². The smallest absolute Gasteiger partial charge is 0.351 e. The molecule has 0 saturated carbocycles. The van der Waals surface area contributed by atoms with Gasteiger partial charge in [0, 0.05) is 42.3 Å². The third-order valence-corrected chi connectivity index (χ3v) is 4.76. The molecule has 0 spiro atoms. The second kappa shape index (κ2) is 9.70. The Morgan fingerprint density at radius 3 is 2.61 bits per heavy atom. The van der Waals surface area contributed by atoms with E-state index in [9.17, 15) is 18.4 Å². The number of hydrogen-bond donors (Lipinski definition) is 3. The van der Waals surface area contributed by atoms with E-state index >= 15 is 0 Å². The first-order valence-corrected chi connectivity index (χ1v) is 9.98. The van der Waals surface area contributed by atoms with Crippen LogP contribution in [-0.2, 0) is 15.5 Å². The van der Waals surface area contributed by atoms with Crippen LogP contribution in [0.2, 0.25) is 5.02 Å². The zero-order valence-electron chi connectivity index (χ0n) is 16.7. The molecule has 0 unspecified atom stereocenters. The fraction of sp³-hybridized carbons (Fsp3) is 0.227. The lowest BCUT2D eigenvalue weighted by Crippen LogP contribution is -2.39.